The lowest BCUT2D eigenvalue weighted by atomic mass is 10.1. The van der Waals surface area contributed by atoms with Gasteiger partial charge in [-0.15, -0.1) is 0 Å². The van der Waals surface area contributed by atoms with Gasteiger partial charge in [-0.2, -0.15) is 0 Å². The van der Waals surface area contributed by atoms with Gasteiger partial charge >= 0.3 is 0 Å². The van der Waals surface area contributed by atoms with E-state index in [1.165, 1.54) is 19.2 Å². The average molecular weight is 246 g/mol. The number of rotatable bonds is 5. The number of nitro groups is 1. The largest absolute Gasteiger partial charge is 0.390 e. The molecule has 1 aromatic carbocycles. The van der Waals surface area contributed by atoms with Crippen LogP contribution in [0.4, 0.5) is 5.69 Å². The zero-order valence-electron chi connectivity index (χ0n) is 8.72. The number of aliphatic hydroxyl groups is 1. The number of halogens is 1. The fourth-order valence-corrected chi connectivity index (χ4v) is 1.57. The summed E-state index contributed by atoms with van der Waals surface area (Å²) in [6.07, 6.45) is -0.353. The van der Waals surface area contributed by atoms with Crippen molar-refractivity contribution in [3.8, 4) is 0 Å². The van der Waals surface area contributed by atoms with E-state index in [9.17, 15) is 15.2 Å². The molecule has 0 spiro atoms. The molecule has 0 fully saturated rings. The molecule has 0 bridgehead atoms. The van der Waals surface area contributed by atoms with Crippen LogP contribution in [0.5, 0.6) is 0 Å². The van der Waals surface area contributed by atoms with Gasteiger partial charge in [-0.25, -0.2) is 0 Å². The van der Waals surface area contributed by atoms with Gasteiger partial charge in [0.25, 0.3) is 5.69 Å². The van der Waals surface area contributed by atoms with E-state index in [0.29, 0.717) is 12.0 Å². The summed E-state index contributed by atoms with van der Waals surface area (Å²) in [4.78, 5) is 9.95. The molecular weight excluding hydrogens is 234 g/mol. The Kier molecular flexibility index (Phi) is 4.67. The molecule has 5 nitrogen and oxygen atoms in total. The van der Waals surface area contributed by atoms with Crippen molar-refractivity contribution < 1.29 is 14.8 Å². The van der Waals surface area contributed by atoms with Crippen LogP contribution in [-0.4, -0.2) is 29.9 Å². The summed E-state index contributed by atoms with van der Waals surface area (Å²) in [5.41, 5.74) is 0.604. The van der Waals surface area contributed by atoms with Crippen molar-refractivity contribution >= 4 is 17.3 Å². The number of hydrogen-bond acceptors (Lipinski definition) is 4. The van der Waals surface area contributed by atoms with Crippen LogP contribution in [0.25, 0.3) is 0 Å². The Morgan fingerprint density at radius 2 is 2.31 bits per heavy atom. The van der Waals surface area contributed by atoms with Crippen molar-refractivity contribution in [2.24, 2.45) is 0 Å². The molecule has 6 heteroatoms. The lowest BCUT2D eigenvalue weighted by molar-refractivity contribution is -0.384. The highest BCUT2D eigenvalue weighted by Gasteiger charge is 2.12. The Hall–Kier alpha value is -1.17. The van der Waals surface area contributed by atoms with Gasteiger partial charge in [0.2, 0.25) is 0 Å². The molecule has 0 heterocycles. The Labute approximate surface area is 97.8 Å². The number of hydrogen-bond donors (Lipinski definition) is 1. The molecule has 0 aromatic heterocycles. The van der Waals surface area contributed by atoms with Gasteiger partial charge in [0.1, 0.15) is 0 Å². The quantitative estimate of drug-likeness (QED) is 0.634. The third kappa shape index (κ3) is 3.44. The van der Waals surface area contributed by atoms with Crippen LogP contribution in [0, 0.1) is 10.1 Å². The summed E-state index contributed by atoms with van der Waals surface area (Å²) in [5, 5.41) is 20.2. The van der Waals surface area contributed by atoms with Gasteiger partial charge in [-0.3, -0.25) is 10.1 Å². The summed E-state index contributed by atoms with van der Waals surface area (Å²) < 4.78 is 4.78. The predicted molar refractivity (Wildman–Crippen MR) is 59.7 cm³/mol. The standard InChI is InChI=1S/C10H12ClNO4/c1-16-6-9(13)4-7-2-3-8(12(14)15)5-10(7)11/h2-3,5,9,13H,4,6H2,1H3. The first-order chi connectivity index (χ1) is 7.54. The summed E-state index contributed by atoms with van der Waals surface area (Å²) in [6, 6.07) is 4.18. The molecule has 0 saturated heterocycles. The molecular formula is C10H12ClNO4. The van der Waals surface area contributed by atoms with Crippen molar-refractivity contribution in [1.82, 2.24) is 0 Å². The summed E-state index contributed by atoms with van der Waals surface area (Å²) in [5.74, 6) is 0. The first-order valence-corrected chi connectivity index (χ1v) is 5.02. The zero-order valence-corrected chi connectivity index (χ0v) is 9.48. The van der Waals surface area contributed by atoms with Crippen LogP contribution >= 0.6 is 11.6 Å². The first kappa shape index (κ1) is 12.9. The Bertz CT molecular complexity index is 383. The zero-order chi connectivity index (χ0) is 12.1. The minimum Gasteiger partial charge on any atom is -0.390 e. The molecule has 1 N–H and O–H groups in total. The van der Waals surface area contributed by atoms with Gasteiger partial charge in [-0.05, 0) is 5.56 Å². The second-order valence-corrected chi connectivity index (χ2v) is 3.75. The highest BCUT2D eigenvalue weighted by atomic mass is 35.5. The lowest BCUT2D eigenvalue weighted by Gasteiger charge is -2.10. The van der Waals surface area contributed by atoms with Crippen LogP contribution in [-0.2, 0) is 11.2 Å². The fraction of sp³-hybridized carbons (Fsp3) is 0.400. The molecule has 0 aliphatic carbocycles. The van der Waals surface area contributed by atoms with Gasteiger partial charge in [0.15, 0.2) is 0 Å². The molecule has 0 radical (unpaired) electrons. The maximum absolute atomic E-state index is 10.5. The van der Waals surface area contributed by atoms with Crippen LogP contribution in [0.2, 0.25) is 5.02 Å². The average Bonchev–Trinajstić information content (AvgIpc) is 2.21. The van der Waals surface area contributed by atoms with Gasteiger partial charge in [0.05, 0.1) is 22.7 Å². The highest BCUT2D eigenvalue weighted by molar-refractivity contribution is 6.31. The molecule has 88 valence electrons. The number of methoxy groups -OCH3 is 1. The third-order valence-corrected chi connectivity index (χ3v) is 2.41. The summed E-state index contributed by atoms with van der Waals surface area (Å²) >= 11 is 5.86. The minimum absolute atomic E-state index is 0.0602. The van der Waals surface area contributed by atoms with Crippen molar-refractivity contribution in [1.29, 1.82) is 0 Å². The maximum Gasteiger partial charge on any atom is 0.270 e. The van der Waals surface area contributed by atoms with Gasteiger partial charge in [-0.1, -0.05) is 17.7 Å². The Morgan fingerprint density at radius 3 is 2.81 bits per heavy atom. The van der Waals surface area contributed by atoms with Crippen LogP contribution < -0.4 is 0 Å². The molecule has 1 atom stereocenters. The van der Waals surface area contributed by atoms with E-state index in [0.717, 1.165) is 0 Å². The SMILES string of the molecule is COCC(O)Cc1ccc([N+](=O)[O-])cc1Cl. The van der Waals surface area contributed by atoms with Crippen LogP contribution in [0.1, 0.15) is 5.56 Å². The summed E-state index contributed by atoms with van der Waals surface area (Å²) in [7, 11) is 1.49. The second kappa shape index (κ2) is 5.79. The lowest BCUT2D eigenvalue weighted by Crippen LogP contribution is -2.17. The van der Waals surface area contributed by atoms with Crippen molar-refractivity contribution in [2.45, 2.75) is 12.5 Å². The molecule has 16 heavy (non-hydrogen) atoms. The minimum atomic E-state index is -0.663. The number of non-ortho nitro benzene ring substituents is 1. The maximum atomic E-state index is 10.5. The van der Waals surface area contributed by atoms with Crippen molar-refractivity contribution in [3.63, 3.8) is 0 Å². The summed E-state index contributed by atoms with van der Waals surface area (Å²) in [6.45, 7) is 0.202. The third-order valence-electron chi connectivity index (χ3n) is 2.06. The molecule has 1 rings (SSSR count). The molecule has 0 aliphatic rings. The predicted octanol–water partition coefficient (Wildman–Crippen LogP) is 1.80. The van der Waals surface area contributed by atoms with E-state index in [1.807, 2.05) is 0 Å². The number of nitro benzene ring substituents is 1. The number of nitrogens with zero attached hydrogens (tertiary/aromatic N) is 1. The fourth-order valence-electron chi connectivity index (χ4n) is 1.32. The molecule has 0 aliphatic heterocycles. The van der Waals surface area contributed by atoms with Crippen molar-refractivity contribution in [3.05, 3.63) is 38.9 Å². The highest BCUT2D eigenvalue weighted by Crippen LogP contribution is 2.23. The van der Waals surface area contributed by atoms with Gasteiger partial charge < -0.3 is 9.84 Å². The van der Waals surface area contributed by atoms with Gasteiger partial charge in [0, 0.05) is 25.7 Å². The molecule has 0 amide bonds. The monoisotopic (exact) mass is 245 g/mol. The Morgan fingerprint density at radius 1 is 1.62 bits per heavy atom. The smallest absolute Gasteiger partial charge is 0.270 e. The van der Waals surface area contributed by atoms with E-state index in [1.54, 1.807) is 6.07 Å². The number of ether oxygens (including phenoxy) is 1. The van der Waals surface area contributed by atoms with E-state index in [4.69, 9.17) is 16.3 Å². The van der Waals surface area contributed by atoms with E-state index < -0.39 is 11.0 Å². The van der Waals surface area contributed by atoms with Crippen LogP contribution in [0.15, 0.2) is 18.2 Å². The van der Waals surface area contributed by atoms with Crippen LogP contribution in [0.3, 0.4) is 0 Å². The molecule has 0 saturated carbocycles. The molecule has 1 unspecified atom stereocenters. The van der Waals surface area contributed by atoms with Crippen molar-refractivity contribution in [2.75, 3.05) is 13.7 Å². The van der Waals surface area contributed by atoms with E-state index >= 15 is 0 Å². The normalized spacial score (nSPS) is 12.4. The molecule has 1 aromatic rings. The second-order valence-electron chi connectivity index (χ2n) is 3.35. The number of aliphatic hydroxyl groups excluding tert-OH is 1. The van der Waals surface area contributed by atoms with E-state index in [2.05, 4.69) is 0 Å². The topological polar surface area (TPSA) is 72.6 Å². The number of benzene rings is 1. The Balaban J connectivity index is 2.79. The van der Waals surface area contributed by atoms with E-state index in [-0.39, 0.29) is 17.3 Å². The first-order valence-electron chi connectivity index (χ1n) is 4.64.